The van der Waals surface area contributed by atoms with Crippen molar-refractivity contribution in [2.24, 2.45) is 11.7 Å². The number of likely N-dealkylation sites (tertiary alicyclic amines) is 1. The molecule has 0 aromatic carbocycles. The Morgan fingerprint density at radius 1 is 1.45 bits per heavy atom. The van der Waals surface area contributed by atoms with E-state index in [9.17, 15) is 4.79 Å². The fourth-order valence-electron chi connectivity index (χ4n) is 3.04. The van der Waals surface area contributed by atoms with Gasteiger partial charge in [-0.15, -0.1) is 10.2 Å². The van der Waals surface area contributed by atoms with Crippen LogP contribution in [0.2, 0.25) is 0 Å². The second-order valence-electron chi connectivity index (χ2n) is 6.72. The number of carbonyl (C=O) groups excluding carboxylic acids is 1. The summed E-state index contributed by atoms with van der Waals surface area (Å²) >= 11 is 0. The number of aromatic nitrogens is 3. The number of nitrogens with two attached hydrogens (primary N) is 1. The fourth-order valence-corrected chi connectivity index (χ4v) is 3.04. The van der Waals surface area contributed by atoms with Crippen LogP contribution < -0.4 is 5.73 Å². The Hall–Kier alpha value is -1.43. The van der Waals surface area contributed by atoms with Gasteiger partial charge >= 0.3 is 0 Å². The standard InChI is InChI=1S/C16H29N5O/c1-5-12(4)14(17)16(22)20-8-6-7-13(9-20)15-19-18-10-21(15)11(2)3/h10-14H,5-9,17H2,1-4H3/t12-,13-,14+/m0/s1. The molecule has 0 aliphatic carbocycles. The van der Waals surface area contributed by atoms with E-state index in [1.54, 1.807) is 6.33 Å². The number of hydrogen-bond donors (Lipinski definition) is 1. The van der Waals surface area contributed by atoms with E-state index in [4.69, 9.17) is 5.73 Å². The first-order valence-electron chi connectivity index (χ1n) is 8.39. The topological polar surface area (TPSA) is 77.0 Å². The van der Waals surface area contributed by atoms with Gasteiger partial charge in [-0.2, -0.15) is 0 Å². The predicted molar refractivity (Wildman–Crippen MR) is 86.4 cm³/mol. The van der Waals surface area contributed by atoms with Gasteiger partial charge in [-0.25, -0.2) is 0 Å². The first-order valence-corrected chi connectivity index (χ1v) is 8.39. The number of hydrogen-bond acceptors (Lipinski definition) is 4. The van der Waals surface area contributed by atoms with Gasteiger partial charge in [0.15, 0.2) is 0 Å². The normalized spacial score (nSPS) is 21.9. The van der Waals surface area contributed by atoms with Crippen LogP contribution in [0.3, 0.4) is 0 Å². The van der Waals surface area contributed by atoms with E-state index in [0.717, 1.165) is 31.6 Å². The van der Waals surface area contributed by atoms with Gasteiger partial charge in [0.05, 0.1) is 6.04 Å². The quantitative estimate of drug-likeness (QED) is 0.902. The van der Waals surface area contributed by atoms with Crippen LogP contribution in [0.5, 0.6) is 0 Å². The first-order chi connectivity index (χ1) is 10.5. The zero-order valence-corrected chi connectivity index (χ0v) is 14.2. The molecule has 6 nitrogen and oxygen atoms in total. The smallest absolute Gasteiger partial charge is 0.239 e. The van der Waals surface area contributed by atoms with Crippen molar-refractivity contribution in [1.82, 2.24) is 19.7 Å². The molecule has 1 saturated heterocycles. The number of piperidine rings is 1. The Balaban J connectivity index is 2.09. The molecule has 3 atom stereocenters. The monoisotopic (exact) mass is 307 g/mol. The highest BCUT2D eigenvalue weighted by Crippen LogP contribution is 2.27. The number of nitrogens with zero attached hydrogens (tertiary/aromatic N) is 4. The molecule has 1 aromatic heterocycles. The third-order valence-corrected chi connectivity index (χ3v) is 4.80. The average molecular weight is 307 g/mol. The lowest BCUT2D eigenvalue weighted by atomic mass is 9.94. The maximum atomic E-state index is 12.6. The van der Waals surface area contributed by atoms with Crippen molar-refractivity contribution in [3.05, 3.63) is 12.2 Å². The van der Waals surface area contributed by atoms with E-state index < -0.39 is 6.04 Å². The fraction of sp³-hybridized carbons (Fsp3) is 0.812. The van der Waals surface area contributed by atoms with Crippen LogP contribution in [0.15, 0.2) is 6.33 Å². The van der Waals surface area contributed by atoms with Crippen LogP contribution in [0.1, 0.15) is 64.7 Å². The third kappa shape index (κ3) is 3.48. The van der Waals surface area contributed by atoms with Gasteiger partial charge in [-0.3, -0.25) is 4.79 Å². The summed E-state index contributed by atoms with van der Waals surface area (Å²) in [5.41, 5.74) is 6.12. The predicted octanol–water partition coefficient (Wildman–Crippen LogP) is 1.94. The van der Waals surface area contributed by atoms with Crippen LogP contribution in [0.4, 0.5) is 0 Å². The molecule has 0 spiro atoms. The van der Waals surface area contributed by atoms with Gasteiger partial charge in [0.1, 0.15) is 12.2 Å². The Morgan fingerprint density at radius 2 is 2.18 bits per heavy atom. The van der Waals surface area contributed by atoms with Gasteiger partial charge in [0.2, 0.25) is 5.91 Å². The molecule has 2 heterocycles. The van der Waals surface area contributed by atoms with Gasteiger partial charge in [-0.05, 0) is 32.6 Å². The van der Waals surface area contributed by atoms with Gasteiger partial charge in [0, 0.05) is 25.0 Å². The largest absolute Gasteiger partial charge is 0.341 e. The van der Waals surface area contributed by atoms with E-state index in [-0.39, 0.29) is 17.7 Å². The molecule has 2 N–H and O–H groups in total. The first kappa shape index (κ1) is 16.9. The summed E-state index contributed by atoms with van der Waals surface area (Å²) in [6.45, 7) is 9.86. The molecule has 1 aromatic rings. The van der Waals surface area contributed by atoms with E-state index in [1.807, 2.05) is 11.8 Å². The van der Waals surface area contributed by atoms with Crippen molar-refractivity contribution in [1.29, 1.82) is 0 Å². The molecule has 1 aliphatic heterocycles. The summed E-state index contributed by atoms with van der Waals surface area (Å²) in [6, 6.07) is -0.0647. The number of rotatable bonds is 5. The number of amides is 1. The lowest BCUT2D eigenvalue weighted by Gasteiger charge is -2.35. The van der Waals surface area contributed by atoms with E-state index >= 15 is 0 Å². The minimum Gasteiger partial charge on any atom is -0.341 e. The summed E-state index contributed by atoms with van der Waals surface area (Å²) in [7, 11) is 0. The van der Waals surface area contributed by atoms with Crippen molar-refractivity contribution in [3.63, 3.8) is 0 Å². The molecule has 0 saturated carbocycles. The Morgan fingerprint density at radius 3 is 2.82 bits per heavy atom. The van der Waals surface area contributed by atoms with Crippen molar-refractivity contribution in [3.8, 4) is 0 Å². The SMILES string of the molecule is CC[C@H](C)[C@@H](N)C(=O)N1CCC[C@H](c2nncn2C(C)C)C1. The molecule has 22 heavy (non-hydrogen) atoms. The lowest BCUT2D eigenvalue weighted by Crippen LogP contribution is -2.50. The van der Waals surface area contributed by atoms with Gasteiger partial charge < -0.3 is 15.2 Å². The average Bonchev–Trinajstić information content (AvgIpc) is 3.02. The van der Waals surface area contributed by atoms with Crippen molar-refractivity contribution >= 4 is 5.91 Å². The minimum absolute atomic E-state index is 0.0784. The highest BCUT2D eigenvalue weighted by atomic mass is 16.2. The van der Waals surface area contributed by atoms with E-state index in [1.165, 1.54) is 0 Å². The summed E-state index contributed by atoms with van der Waals surface area (Å²) in [6.07, 6.45) is 4.75. The molecule has 6 heteroatoms. The van der Waals surface area contributed by atoms with Crippen LogP contribution in [0.25, 0.3) is 0 Å². The maximum Gasteiger partial charge on any atom is 0.239 e. The molecule has 1 aliphatic rings. The van der Waals surface area contributed by atoms with Crippen molar-refractivity contribution in [2.75, 3.05) is 13.1 Å². The molecule has 1 fully saturated rings. The minimum atomic E-state index is -0.397. The Bertz CT molecular complexity index is 498. The summed E-state index contributed by atoms with van der Waals surface area (Å²) < 4.78 is 2.10. The highest BCUT2D eigenvalue weighted by molar-refractivity contribution is 5.82. The molecule has 0 bridgehead atoms. The summed E-state index contributed by atoms with van der Waals surface area (Å²) in [4.78, 5) is 14.5. The Labute approximate surface area is 133 Å². The molecular weight excluding hydrogens is 278 g/mol. The van der Waals surface area contributed by atoms with Crippen LogP contribution >= 0.6 is 0 Å². The lowest BCUT2D eigenvalue weighted by molar-refractivity contribution is -0.135. The maximum absolute atomic E-state index is 12.6. The zero-order valence-electron chi connectivity index (χ0n) is 14.2. The van der Waals surface area contributed by atoms with Crippen LogP contribution in [-0.4, -0.2) is 44.7 Å². The highest BCUT2D eigenvalue weighted by Gasteiger charge is 2.31. The van der Waals surface area contributed by atoms with Gasteiger partial charge in [-0.1, -0.05) is 20.3 Å². The molecule has 0 unspecified atom stereocenters. The molecule has 2 rings (SSSR count). The molecule has 1 amide bonds. The van der Waals surface area contributed by atoms with Crippen LogP contribution in [-0.2, 0) is 4.79 Å². The molecule has 124 valence electrons. The van der Waals surface area contributed by atoms with Crippen molar-refractivity contribution < 1.29 is 4.79 Å². The second kappa shape index (κ2) is 7.22. The van der Waals surface area contributed by atoms with Crippen molar-refractivity contribution in [2.45, 2.75) is 65.0 Å². The molecule has 0 radical (unpaired) electrons. The van der Waals surface area contributed by atoms with Gasteiger partial charge in [0.25, 0.3) is 0 Å². The van der Waals surface area contributed by atoms with Crippen LogP contribution in [0, 0.1) is 5.92 Å². The second-order valence-corrected chi connectivity index (χ2v) is 6.72. The summed E-state index contributed by atoms with van der Waals surface area (Å²) in [5, 5.41) is 8.34. The van der Waals surface area contributed by atoms with E-state index in [2.05, 4.69) is 35.5 Å². The molecular formula is C16H29N5O. The zero-order chi connectivity index (χ0) is 16.3. The van der Waals surface area contributed by atoms with E-state index in [0.29, 0.717) is 12.6 Å². The third-order valence-electron chi connectivity index (χ3n) is 4.80. The Kier molecular flexibility index (Phi) is 5.56. The number of carbonyl (C=O) groups is 1. The summed E-state index contributed by atoms with van der Waals surface area (Å²) in [5.74, 6) is 1.54.